The van der Waals surface area contributed by atoms with Gasteiger partial charge in [-0.05, 0) is 17.3 Å². The normalized spacial score (nSPS) is 29.7. The van der Waals surface area contributed by atoms with Crippen LogP contribution in [0.4, 0.5) is 0 Å². The van der Waals surface area contributed by atoms with Crippen LogP contribution in [0.15, 0.2) is 0 Å². The van der Waals surface area contributed by atoms with Crippen molar-refractivity contribution in [2.45, 2.75) is 46.6 Å². The van der Waals surface area contributed by atoms with Gasteiger partial charge in [-0.25, -0.2) is 0 Å². The zero-order valence-corrected chi connectivity index (χ0v) is 11.3. The number of amides is 3. The molecule has 0 aromatic heterocycles. The van der Waals surface area contributed by atoms with Crippen molar-refractivity contribution in [1.29, 1.82) is 0 Å². The second-order valence-corrected chi connectivity index (χ2v) is 6.39. The third-order valence-corrected chi connectivity index (χ3v) is 4.84. The van der Waals surface area contributed by atoms with Crippen LogP contribution in [0.2, 0.25) is 0 Å². The van der Waals surface area contributed by atoms with Gasteiger partial charge in [-0.1, -0.05) is 27.7 Å². The molecule has 100 valence electrons. The van der Waals surface area contributed by atoms with Crippen molar-refractivity contribution in [3.05, 3.63) is 0 Å². The second kappa shape index (κ2) is 3.80. The Morgan fingerprint density at radius 3 is 2.22 bits per heavy atom. The Balaban J connectivity index is 1.98. The number of carbonyl (C=O) groups excluding carboxylic acids is 3. The molecule has 0 aromatic carbocycles. The highest BCUT2D eigenvalue weighted by molar-refractivity contribution is 6.02. The molecule has 0 bridgehead atoms. The highest BCUT2D eigenvalue weighted by Gasteiger charge is 2.68. The molecule has 5 nitrogen and oxygen atoms in total. The molecule has 0 spiro atoms. The van der Waals surface area contributed by atoms with Crippen molar-refractivity contribution in [1.82, 2.24) is 10.6 Å². The van der Waals surface area contributed by atoms with Crippen LogP contribution in [-0.4, -0.2) is 23.8 Å². The Morgan fingerprint density at radius 2 is 1.78 bits per heavy atom. The van der Waals surface area contributed by atoms with Crippen LogP contribution in [0.5, 0.6) is 0 Å². The van der Waals surface area contributed by atoms with E-state index >= 15 is 0 Å². The molecule has 1 aliphatic heterocycles. The molecule has 1 aliphatic carbocycles. The van der Waals surface area contributed by atoms with Gasteiger partial charge in [0, 0.05) is 12.3 Å². The van der Waals surface area contributed by atoms with Crippen LogP contribution in [0.25, 0.3) is 0 Å². The highest BCUT2D eigenvalue weighted by Crippen LogP contribution is 2.68. The van der Waals surface area contributed by atoms with Crippen molar-refractivity contribution in [2.75, 3.05) is 0 Å². The molecule has 5 heteroatoms. The zero-order valence-electron chi connectivity index (χ0n) is 11.3. The van der Waals surface area contributed by atoms with Gasteiger partial charge in [0.25, 0.3) is 0 Å². The fourth-order valence-corrected chi connectivity index (χ4v) is 2.94. The van der Waals surface area contributed by atoms with E-state index in [-0.39, 0.29) is 35.0 Å². The van der Waals surface area contributed by atoms with Crippen molar-refractivity contribution in [2.24, 2.45) is 16.7 Å². The molecule has 1 saturated carbocycles. The van der Waals surface area contributed by atoms with E-state index in [1.165, 1.54) is 0 Å². The summed E-state index contributed by atoms with van der Waals surface area (Å²) >= 11 is 0. The Hall–Kier alpha value is -1.39. The van der Waals surface area contributed by atoms with Crippen LogP contribution < -0.4 is 10.6 Å². The number of imide groups is 1. The molecule has 1 heterocycles. The summed E-state index contributed by atoms with van der Waals surface area (Å²) in [5, 5.41) is 5.00. The Labute approximate surface area is 107 Å². The molecule has 2 N–H and O–H groups in total. The maximum atomic E-state index is 12.2. The molecule has 0 aromatic rings. The van der Waals surface area contributed by atoms with Gasteiger partial charge in [0.05, 0.1) is 0 Å². The van der Waals surface area contributed by atoms with E-state index in [1.54, 1.807) is 0 Å². The van der Waals surface area contributed by atoms with E-state index in [9.17, 15) is 14.4 Å². The summed E-state index contributed by atoms with van der Waals surface area (Å²) in [4.78, 5) is 34.7. The third-order valence-electron chi connectivity index (χ3n) is 4.84. The summed E-state index contributed by atoms with van der Waals surface area (Å²) in [6.07, 6.45) is 0.679. The van der Waals surface area contributed by atoms with Gasteiger partial charge in [-0.3, -0.25) is 19.7 Å². The van der Waals surface area contributed by atoms with Gasteiger partial charge in [-0.2, -0.15) is 0 Å². The van der Waals surface area contributed by atoms with Gasteiger partial charge >= 0.3 is 0 Å². The van der Waals surface area contributed by atoms with Gasteiger partial charge in [-0.15, -0.1) is 0 Å². The largest absolute Gasteiger partial charge is 0.344 e. The molecular formula is C13H20N2O3. The lowest BCUT2D eigenvalue weighted by Gasteiger charge is -2.22. The number of hydrogen-bond donors (Lipinski definition) is 2. The van der Waals surface area contributed by atoms with E-state index in [4.69, 9.17) is 0 Å². The molecule has 1 atom stereocenters. The summed E-state index contributed by atoms with van der Waals surface area (Å²) in [5.74, 6) is -0.816. The van der Waals surface area contributed by atoms with Gasteiger partial charge in [0.2, 0.25) is 17.7 Å². The molecule has 2 aliphatic rings. The minimum Gasteiger partial charge on any atom is -0.344 e. The topological polar surface area (TPSA) is 75.3 Å². The average molecular weight is 252 g/mol. The first-order valence-corrected chi connectivity index (χ1v) is 6.32. The number of hydrogen-bond acceptors (Lipinski definition) is 3. The number of nitrogens with one attached hydrogen (secondary N) is 2. The maximum absolute atomic E-state index is 12.2. The fraction of sp³-hybridized carbons (Fsp3) is 0.769. The van der Waals surface area contributed by atoms with E-state index in [0.29, 0.717) is 6.42 Å². The molecule has 0 radical (unpaired) electrons. The first-order valence-electron chi connectivity index (χ1n) is 6.32. The number of piperidine rings is 1. The van der Waals surface area contributed by atoms with Crippen molar-refractivity contribution < 1.29 is 14.4 Å². The minimum atomic E-state index is -0.567. The van der Waals surface area contributed by atoms with Crippen molar-refractivity contribution in [3.63, 3.8) is 0 Å². The molecule has 2 rings (SSSR count). The number of carbonyl (C=O) groups is 3. The lowest BCUT2D eigenvalue weighted by molar-refractivity contribution is -0.137. The van der Waals surface area contributed by atoms with Gasteiger partial charge < -0.3 is 5.32 Å². The average Bonchev–Trinajstić information content (AvgIpc) is 2.62. The van der Waals surface area contributed by atoms with Crippen LogP contribution in [0.3, 0.4) is 0 Å². The monoisotopic (exact) mass is 252 g/mol. The fourth-order valence-electron chi connectivity index (χ4n) is 2.94. The van der Waals surface area contributed by atoms with Crippen LogP contribution >= 0.6 is 0 Å². The molecule has 1 unspecified atom stereocenters. The maximum Gasteiger partial charge on any atom is 0.249 e. The third kappa shape index (κ3) is 1.82. The Morgan fingerprint density at radius 1 is 1.22 bits per heavy atom. The van der Waals surface area contributed by atoms with E-state index in [1.807, 2.05) is 0 Å². The Kier molecular flexibility index (Phi) is 2.76. The quantitative estimate of drug-likeness (QED) is 0.706. The van der Waals surface area contributed by atoms with Crippen molar-refractivity contribution >= 4 is 17.7 Å². The summed E-state index contributed by atoms with van der Waals surface area (Å²) in [6.45, 7) is 8.23. The summed E-state index contributed by atoms with van der Waals surface area (Å²) < 4.78 is 0. The molecule has 18 heavy (non-hydrogen) atoms. The SMILES string of the molecule is CC1(C)C(C(=O)NC2CCC(=O)NC2=O)C1(C)C. The van der Waals surface area contributed by atoms with E-state index < -0.39 is 11.9 Å². The van der Waals surface area contributed by atoms with E-state index in [2.05, 4.69) is 38.3 Å². The second-order valence-electron chi connectivity index (χ2n) is 6.39. The van der Waals surface area contributed by atoms with Crippen LogP contribution in [0.1, 0.15) is 40.5 Å². The smallest absolute Gasteiger partial charge is 0.249 e. The predicted octanol–water partition coefficient (Wildman–Crippen LogP) is 0.590. The summed E-state index contributed by atoms with van der Waals surface area (Å²) in [7, 11) is 0. The molecule has 2 fully saturated rings. The van der Waals surface area contributed by atoms with E-state index in [0.717, 1.165) is 0 Å². The summed E-state index contributed by atoms with van der Waals surface area (Å²) in [5.41, 5.74) is -0.0872. The molecular weight excluding hydrogens is 232 g/mol. The first-order chi connectivity index (χ1) is 8.18. The van der Waals surface area contributed by atoms with Gasteiger partial charge in [0.15, 0.2) is 0 Å². The predicted molar refractivity (Wildman–Crippen MR) is 65.4 cm³/mol. The first kappa shape index (κ1) is 13.1. The van der Waals surface area contributed by atoms with Crippen LogP contribution in [0, 0.1) is 16.7 Å². The summed E-state index contributed by atoms with van der Waals surface area (Å²) in [6, 6.07) is -0.567. The number of rotatable bonds is 2. The lowest BCUT2D eigenvalue weighted by atomic mass is 10.0. The van der Waals surface area contributed by atoms with Crippen molar-refractivity contribution in [3.8, 4) is 0 Å². The van der Waals surface area contributed by atoms with Gasteiger partial charge in [0.1, 0.15) is 6.04 Å². The van der Waals surface area contributed by atoms with Crippen LogP contribution in [-0.2, 0) is 14.4 Å². The minimum absolute atomic E-state index is 0.0436. The Bertz CT molecular complexity index is 412. The lowest BCUT2D eigenvalue weighted by Crippen LogP contribution is -2.52. The standard InChI is InChI=1S/C13H20N2O3/c1-12(2)9(13(12,3)4)11(18)14-7-5-6-8(16)15-10(7)17/h7,9H,5-6H2,1-4H3,(H,14,18)(H,15,16,17). The molecule has 1 saturated heterocycles. The zero-order chi connectivity index (χ0) is 13.7. The molecule has 3 amide bonds. The highest BCUT2D eigenvalue weighted by atomic mass is 16.2.